The molecule has 0 unspecified atom stereocenters. The number of carboxylic acids is 2. The zero-order valence-corrected chi connectivity index (χ0v) is 9.88. The smallest absolute Gasteiger partial charge is 0.339 e. The highest BCUT2D eigenvalue weighted by Gasteiger charge is 2.15. The summed E-state index contributed by atoms with van der Waals surface area (Å²) in [7, 11) is 0. The third-order valence-electron chi connectivity index (χ3n) is 2.57. The summed E-state index contributed by atoms with van der Waals surface area (Å²) in [5, 5.41) is 27.0. The molecule has 0 spiro atoms. The van der Waals surface area contributed by atoms with Crippen LogP contribution in [-0.4, -0.2) is 43.9 Å². The van der Waals surface area contributed by atoms with Gasteiger partial charge in [0.1, 0.15) is 16.6 Å². The topological polar surface area (TPSA) is 128 Å². The zero-order chi connectivity index (χ0) is 13.8. The largest absolute Gasteiger partial charge is 0.481 e. The number of nitrogens with zero attached hydrogens (tertiary/aromatic N) is 2. The average Bonchev–Trinajstić information content (AvgIpc) is 2.82. The van der Waals surface area contributed by atoms with Crippen molar-refractivity contribution in [1.82, 2.24) is 15.2 Å². The van der Waals surface area contributed by atoms with Crippen LogP contribution in [0.2, 0.25) is 0 Å². The predicted octanol–water partition coefficient (Wildman–Crippen LogP) is 0.933. The van der Waals surface area contributed by atoms with Gasteiger partial charge in [-0.2, -0.15) is 5.10 Å². The van der Waals surface area contributed by atoms with Crippen molar-refractivity contribution >= 4 is 28.7 Å². The second-order valence-corrected chi connectivity index (χ2v) is 3.91. The van der Waals surface area contributed by atoms with Gasteiger partial charge in [-0.15, -0.1) is 0 Å². The number of aromatic carboxylic acids is 1. The van der Waals surface area contributed by atoms with Crippen LogP contribution >= 0.6 is 0 Å². The fourth-order valence-electron chi connectivity index (χ4n) is 1.69. The first-order valence-corrected chi connectivity index (χ1v) is 5.60. The van der Waals surface area contributed by atoms with E-state index in [0.717, 1.165) is 0 Å². The van der Waals surface area contributed by atoms with Crippen LogP contribution in [0.3, 0.4) is 0 Å². The van der Waals surface area contributed by atoms with Crippen molar-refractivity contribution in [2.24, 2.45) is 0 Å². The van der Waals surface area contributed by atoms with Gasteiger partial charge in [0.15, 0.2) is 0 Å². The van der Waals surface area contributed by atoms with E-state index in [1.807, 2.05) is 0 Å². The lowest BCUT2D eigenvalue weighted by atomic mass is 10.2. The van der Waals surface area contributed by atoms with Gasteiger partial charge in [0.25, 0.3) is 0 Å². The highest BCUT2D eigenvalue weighted by atomic mass is 16.4. The molecule has 0 saturated heterocycles. The number of hydrogen-bond donors (Lipinski definition) is 4. The molecule has 8 nitrogen and oxygen atoms in total. The number of aromatic amines is 1. The Morgan fingerprint density at radius 1 is 1.32 bits per heavy atom. The van der Waals surface area contributed by atoms with E-state index in [1.165, 1.54) is 12.4 Å². The summed E-state index contributed by atoms with van der Waals surface area (Å²) in [6.07, 6.45) is 3.15. The van der Waals surface area contributed by atoms with Crippen molar-refractivity contribution < 1.29 is 19.8 Å². The molecular weight excluding hydrogens is 252 g/mol. The first kappa shape index (κ1) is 12.8. The minimum atomic E-state index is -1.11. The minimum Gasteiger partial charge on any atom is -0.481 e. The van der Waals surface area contributed by atoms with E-state index < -0.39 is 11.9 Å². The first-order chi connectivity index (χ1) is 9.09. The number of aromatic nitrogens is 3. The fourth-order valence-corrected chi connectivity index (χ4v) is 1.69. The molecule has 0 aliphatic carbocycles. The molecule has 0 aromatic carbocycles. The number of aliphatic carboxylic acids is 1. The quantitative estimate of drug-likeness (QED) is 0.571. The SMILES string of the molecule is O=C(O)CCCNc1c(C(=O)O)cnc2cn[nH]c12. The van der Waals surface area contributed by atoms with E-state index in [1.54, 1.807) is 0 Å². The number of carbonyl (C=O) groups is 2. The fraction of sp³-hybridized carbons (Fsp3) is 0.273. The Labute approximate surface area is 107 Å². The molecule has 0 saturated carbocycles. The van der Waals surface area contributed by atoms with Crippen molar-refractivity contribution in [2.45, 2.75) is 12.8 Å². The molecule has 0 bridgehead atoms. The highest BCUT2D eigenvalue weighted by molar-refractivity contribution is 6.02. The molecule has 2 rings (SSSR count). The molecule has 19 heavy (non-hydrogen) atoms. The van der Waals surface area contributed by atoms with Crippen LogP contribution in [0.5, 0.6) is 0 Å². The van der Waals surface area contributed by atoms with E-state index in [4.69, 9.17) is 10.2 Å². The van der Waals surface area contributed by atoms with E-state index in [2.05, 4.69) is 20.5 Å². The Bertz CT molecular complexity index is 622. The zero-order valence-electron chi connectivity index (χ0n) is 9.88. The molecule has 2 heterocycles. The molecule has 0 fully saturated rings. The van der Waals surface area contributed by atoms with Gasteiger partial charge in [-0.3, -0.25) is 14.9 Å². The van der Waals surface area contributed by atoms with Crippen LogP contribution in [0.4, 0.5) is 5.69 Å². The molecule has 0 atom stereocenters. The summed E-state index contributed by atoms with van der Waals surface area (Å²) < 4.78 is 0. The van der Waals surface area contributed by atoms with E-state index in [0.29, 0.717) is 29.7 Å². The Hall–Kier alpha value is -2.64. The maximum absolute atomic E-state index is 11.1. The number of pyridine rings is 1. The maximum atomic E-state index is 11.1. The first-order valence-electron chi connectivity index (χ1n) is 5.60. The molecule has 100 valence electrons. The Morgan fingerprint density at radius 3 is 2.79 bits per heavy atom. The normalized spacial score (nSPS) is 10.5. The lowest BCUT2D eigenvalue weighted by Gasteiger charge is -2.09. The molecule has 0 radical (unpaired) electrons. The van der Waals surface area contributed by atoms with Crippen molar-refractivity contribution in [3.05, 3.63) is 18.0 Å². The third-order valence-corrected chi connectivity index (χ3v) is 2.57. The predicted molar refractivity (Wildman–Crippen MR) is 66.2 cm³/mol. The molecule has 0 amide bonds. The summed E-state index contributed by atoms with van der Waals surface area (Å²) in [6.45, 7) is 0.352. The van der Waals surface area contributed by atoms with Gasteiger partial charge in [0.05, 0.1) is 11.9 Å². The summed E-state index contributed by atoms with van der Waals surface area (Å²) in [5.41, 5.74) is 1.44. The number of anilines is 1. The van der Waals surface area contributed by atoms with Crippen LogP contribution in [0.1, 0.15) is 23.2 Å². The van der Waals surface area contributed by atoms with Crippen LogP contribution in [0.15, 0.2) is 12.4 Å². The van der Waals surface area contributed by atoms with Crippen LogP contribution in [0.25, 0.3) is 11.0 Å². The lowest BCUT2D eigenvalue weighted by molar-refractivity contribution is -0.137. The van der Waals surface area contributed by atoms with Crippen LogP contribution in [-0.2, 0) is 4.79 Å². The summed E-state index contributed by atoms with van der Waals surface area (Å²) in [5.74, 6) is -1.99. The Morgan fingerprint density at radius 2 is 2.11 bits per heavy atom. The van der Waals surface area contributed by atoms with Crippen molar-refractivity contribution in [2.75, 3.05) is 11.9 Å². The summed E-state index contributed by atoms with van der Waals surface area (Å²) >= 11 is 0. The molecule has 2 aromatic rings. The van der Waals surface area contributed by atoms with E-state index in [-0.39, 0.29) is 12.0 Å². The number of rotatable bonds is 6. The molecule has 0 aliphatic rings. The number of H-pyrrole nitrogens is 1. The minimum absolute atomic E-state index is 0.0204. The lowest BCUT2D eigenvalue weighted by Crippen LogP contribution is -2.10. The van der Waals surface area contributed by atoms with Gasteiger partial charge in [-0.25, -0.2) is 4.79 Å². The number of carboxylic acid groups (broad SMARTS) is 2. The van der Waals surface area contributed by atoms with Crippen molar-refractivity contribution in [3.8, 4) is 0 Å². The molecule has 4 N–H and O–H groups in total. The molecule has 0 aliphatic heterocycles. The van der Waals surface area contributed by atoms with Gasteiger partial charge in [-0.1, -0.05) is 0 Å². The van der Waals surface area contributed by atoms with Crippen LogP contribution in [0, 0.1) is 0 Å². The van der Waals surface area contributed by atoms with Crippen molar-refractivity contribution in [3.63, 3.8) is 0 Å². The number of nitrogens with one attached hydrogen (secondary N) is 2. The van der Waals surface area contributed by atoms with Gasteiger partial charge < -0.3 is 15.5 Å². The number of hydrogen-bond acceptors (Lipinski definition) is 5. The maximum Gasteiger partial charge on any atom is 0.339 e. The Balaban J connectivity index is 2.23. The molecule has 8 heteroatoms. The highest BCUT2D eigenvalue weighted by Crippen LogP contribution is 2.23. The Kier molecular flexibility index (Phi) is 3.60. The second-order valence-electron chi connectivity index (χ2n) is 3.91. The van der Waals surface area contributed by atoms with Gasteiger partial charge >= 0.3 is 11.9 Å². The molecule has 2 aromatic heterocycles. The standard InChI is InChI=1S/C11H12N4O4/c16-8(17)2-1-3-12-9-6(11(18)19)4-13-7-5-14-15-10(7)9/h4-5H,1-3H2,(H,12,13)(H,14,15)(H,16,17)(H,18,19). The third kappa shape index (κ3) is 2.79. The second kappa shape index (κ2) is 5.34. The van der Waals surface area contributed by atoms with Gasteiger partial charge in [0, 0.05) is 19.2 Å². The number of fused-ring (bicyclic) bond motifs is 1. The monoisotopic (exact) mass is 264 g/mol. The van der Waals surface area contributed by atoms with Crippen LogP contribution < -0.4 is 5.32 Å². The summed E-state index contributed by atoms with van der Waals surface area (Å²) in [4.78, 5) is 25.5. The van der Waals surface area contributed by atoms with Gasteiger partial charge in [0.2, 0.25) is 0 Å². The van der Waals surface area contributed by atoms with E-state index in [9.17, 15) is 9.59 Å². The van der Waals surface area contributed by atoms with Gasteiger partial charge in [-0.05, 0) is 6.42 Å². The van der Waals surface area contributed by atoms with Crippen molar-refractivity contribution in [1.29, 1.82) is 0 Å². The summed E-state index contributed by atoms with van der Waals surface area (Å²) in [6, 6.07) is 0. The molecular formula is C11H12N4O4. The van der Waals surface area contributed by atoms with E-state index >= 15 is 0 Å². The average molecular weight is 264 g/mol.